The highest BCUT2D eigenvalue weighted by Crippen LogP contribution is 2.42. The molecule has 16 heteroatoms. The second kappa shape index (κ2) is 14.6. The Morgan fingerprint density at radius 2 is 1.42 bits per heavy atom. The number of carbonyl (C=O) groups is 3. The van der Waals surface area contributed by atoms with Gasteiger partial charge in [0, 0.05) is 56.6 Å². The number of benzene rings is 1. The molecule has 5 heterocycles. The van der Waals surface area contributed by atoms with Crippen LogP contribution in [0.25, 0.3) is 0 Å². The number of anilines is 2. The molecule has 2 aromatic rings. The maximum atomic E-state index is 14.0. The first-order valence-corrected chi connectivity index (χ1v) is 18.1. The summed E-state index contributed by atoms with van der Waals surface area (Å²) < 4.78 is 83.1. The molecule has 6 rings (SSSR count). The van der Waals surface area contributed by atoms with Crippen LogP contribution >= 0.6 is 11.3 Å². The predicted octanol–water partition coefficient (Wildman–Crippen LogP) is 6.08. The number of nitrogens with zero attached hydrogens (tertiary/aromatic N) is 4. The van der Waals surface area contributed by atoms with Crippen molar-refractivity contribution >= 4 is 40.6 Å². The van der Waals surface area contributed by atoms with Crippen molar-refractivity contribution in [2.45, 2.75) is 82.2 Å². The number of alkyl halides is 6. The van der Waals surface area contributed by atoms with Gasteiger partial charge in [0.2, 0.25) is 11.8 Å². The Labute approximate surface area is 290 Å². The van der Waals surface area contributed by atoms with Gasteiger partial charge in [0.15, 0.2) is 0 Å². The fourth-order valence-corrected chi connectivity index (χ4v) is 8.74. The van der Waals surface area contributed by atoms with Crippen LogP contribution in [0.1, 0.15) is 67.2 Å². The van der Waals surface area contributed by atoms with Crippen molar-refractivity contribution in [3.63, 3.8) is 0 Å². The summed E-state index contributed by atoms with van der Waals surface area (Å²) in [6.45, 7) is 3.90. The van der Waals surface area contributed by atoms with E-state index in [2.05, 4.69) is 10.2 Å². The van der Waals surface area contributed by atoms with Gasteiger partial charge in [-0.3, -0.25) is 9.59 Å². The van der Waals surface area contributed by atoms with Gasteiger partial charge in [-0.15, -0.1) is 11.3 Å². The first-order valence-electron chi connectivity index (χ1n) is 17.2. The smallest absolute Gasteiger partial charge is 0.398 e. The van der Waals surface area contributed by atoms with Gasteiger partial charge in [0.1, 0.15) is 0 Å². The first-order chi connectivity index (χ1) is 23.7. The third-order valence-electron chi connectivity index (χ3n) is 10.7. The Morgan fingerprint density at radius 3 is 2.02 bits per heavy atom. The number of hydrogen-bond donors (Lipinski definition) is 2. The molecular formula is C34H42F6N6O3S. The number of hydrogen-bond acceptors (Lipinski definition) is 6. The van der Waals surface area contributed by atoms with Crippen molar-refractivity contribution < 1.29 is 40.7 Å². The highest BCUT2D eigenvalue weighted by Gasteiger charge is 2.42. The number of amides is 4. The van der Waals surface area contributed by atoms with E-state index in [1.54, 1.807) is 14.7 Å². The molecule has 3 fully saturated rings. The maximum Gasteiger partial charge on any atom is 0.418 e. The van der Waals surface area contributed by atoms with E-state index in [1.165, 1.54) is 11.3 Å². The summed E-state index contributed by atoms with van der Waals surface area (Å²) in [5, 5.41) is 6.85. The highest BCUT2D eigenvalue weighted by molar-refractivity contribution is 7.08. The first kappa shape index (κ1) is 36.3. The lowest BCUT2D eigenvalue weighted by molar-refractivity contribution is -0.143. The van der Waals surface area contributed by atoms with Crippen molar-refractivity contribution in [2.24, 2.45) is 5.92 Å². The third-order valence-corrected chi connectivity index (χ3v) is 11.5. The number of rotatable bonds is 7. The van der Waals surface area contributed by atoms with Crippen molar-refractivity contribution in [3.8, 4) is 0 Å². The van der Waals surface area contributed by atoms with Crippen LogP contribution in [0.2, 0.25) is 0 Å². The molecule has 1 aromatic carbocycles. The summed E-state index contributed by atoms with van der Waals surface area (Å²) >= 11 is 1.52. The van der Waals surface area contributed by atoms with E-state index >= 15 is 0 Å². The van der Waals surface area contributed by atoms with Crippen molar-refractivity contribution in [1.29, 1.82) is 0 Å². The number of nitrogens with one attached hydrogen (secondary N) is 1. The summed E-state index contributed by atoms with van der Waals surface area (Å²) in [4.78, 5) is 48.0. The molecule has 3 N–H and O–H groups in total. The predicted molar refractivity (Wildman–Crippen MR) is 176 cm³/mol. The Kier molecular flexibility index (Phi) is 10.6. The number of carbonyl (C=O) groups excluding carboxylic acids is 3. The molecule has 4 aliphatic heterocycles. The molecule has 9 nitrogen and oxygen atoms in total. The number of urea groups is 1. The van der Waals surface area contributed by atoms with Crippen LogP contribution in [0, 0.1) is 5.92 Å². The molecule has 274 valence electrons. The zero-order chi connectivity index (χ0) is 35.8. The molecule has 0 radical (unpaired) electrons. The molecule has 0 spiro atoms. The number of halogens is 6. The summed E-state index contributed by atoms with van der Waals surface area (Å²) in [5.74, 6) is -2.04. The molecule has 1 aromatic heterocycles. The van der Waals surface area contributed by atoms with Gasteiger partial charge in [-0.2, -0.15) is 26.3 Å². The molecule has 4 aliphatic rings. The van der Waals surface area contributed by atoms with Gasteiger partial charge in [-0.25, -0.2) is 4.79 Å². The van der Waals surface area contributed by atoms with Gasteiger partial charge in [0.05, 0.1) is 28.4 Å². The number of thiophene rings is 1. The maximum absolute atomic E-state index is 14.0. The normalized spacial score (nSPS) is 20.8. The third kappa shape index (κ3) is 8.00. The molecule has 0 saturated carbocycles. The minimum atomic E-state index is -5.16. The molecular weight excluding hydrogens is 686 g/mol. The van der Waals surface area contributed by atoms with Crippen LogP contribution in [-0.2, 0) is 34.8 Å². The molecule has 3 saturated heterocycles. The molecule has 4 amide bonds. The quantitative estimate of drug-likeness (QED) is 0.266. The number of nitrogen functional groups attached to an aromatic ring is 1. The summed E-state index contributed by atoms with van der Waals surface area (Å²) in [7, 11) is 0. The van der Waals surface area contributed by atoms with E-state index in [4.69, 9.17) is 5.73 Å². The zero-order valence-corrected chi connectivity index (χ0v) is 28.4. The van der Waals surface area contributed by atoms with E-state index < -0.39 is 53.3 Å². The van der Waals surface area contributed by atoms with Crippen LogP contribution < -0.4 is 11.1 Å². The minimum absolute atomic E-state index is 0.114. The number of likely N-dealkylation sites (tertiary alicyclic amines) is 3. The Hall–Kier alpha value is -3.53. The Bertz CT molecular complexity index is 1520. The lowest BCUT2D eigenvalue weighted by atomic mass is 9.90. The van der Waals surface area contributed by atoms with Crippen molar-refractivity contribution in [3.05, 3.63) is 45.1 Å². The fraction of sp³-hybridized carbons (Fsp3) is 0.618. The van der Waals surface area contributed by atoms with Crippen LogP contribution in [0.15, 0.2) is 22.9 Å². The van der Waals surface area contributed by atoms with Gasteiger partial charge in [-0.05, 0) is 93.1 Å². The lowest BCUT2D eigenvalue weighted by Crippen LogP contribution is -2.51. The van der Waals surface area contributed by atoms with Crippen LogP contribution in [0.5, 0.6) is 0 Å². The minimum Gasteiger partial charge on any atom is -0.398 e. The SMILES string of the molecule is Nc1c(C(F)(F)F)cc(C[C@@H](CC(=O)N2CCC(N3CCc4cscc4NC3=O)CC2)C(=O)N2CCC(N3CCCC3)CC2)cc1C(F)(F)F. The van der Waals surface area contributed by atoms with Crippen LogP contribution in [-0.4, -0.2) is 95.3 Å². The summed E-state index contributed by atoms with van der Waals surface area (Å²) in [5.41, 5.74) is 2.20. The van der Waals surface area contributed by atoms with E-state index in [1.807, 2.05) is 10.8 Å². The standard InChI is InChI=1S/C34H42F6N6O3S/c35-33(36,37)26-16-21(17-27(30(26)41)34(38,39)40)15-23(31(48)45-12-4-24(5-13-45)43-8-1-2-9-43)18-29(47)44-10-6-25(7-11-44)46-14-3-22-19-50-20-28(22)42-32(46)49/h16-17,19-20,23-25H,1-15,18,41H2,(H,42,49)/t23-/m0/s1. The molecule has 0 aliphatic carbocycles. The number of fused-ring (bicyclic) bond motifs is 1. The zero-order valence-electron chi connectivity index (χ0n) is 27.6. The second-order valence-corrected chi connectivity index (χ2v) is 14.5. The summed E-state index contributed by atoms with van der Waals surface area (Å²) in [6.07, 6.45) is -5.85. The number of nitrogens with two attached hydrogens (primary N) is 1. The van der Waals surface area contributed by atoms with E-state index in [0.29, 0.717) is 83.0 Å². The average molecular weight is 729 g/mol. The van der Waals surface area contributed by atoms with Crippen molar-refractivity contribution in [1.82, 2.24) is 19.6 Å². The van der Waals surface area contributed by atoms with Crippen LogP contribution in [0.3, 0.4) is 0 Å². The molecule has 50 heavy (non-hydrogen) atoms. The Balaban J connectivity index is 1.17. The second-order valence-electron chi connectivity index (χ2n) is 13.8. The van der Waals surface area contributed by atoms with Gasteiger partial charge < -0.3 is 30.7 Å². The molecule has 0 unspecified atom stereocenters. The topological polar surface area (TPSA) is 102 Å². The van der Waals surface area contributed by atoms with E-state index in [-0.39, 0.29) is 24.1 Å². The lowest BCUT2D eigenvalue weighted by Gasteiger charge is -2.39. The van der Waals surface area contributed by atoms with Gasteiger partial charge in [0.25, 0.3) is 0 Å². The van der Waals surface area contributed by atoms with E-state index in [0.717, 1.165) is 37.2 Å². The Morgan fingerprint density at radius 1 is 0.840 bits per heavy atom. The number of piperidine rings is 2. The van der Waals surface area contributed by atoms with Crippen molar-refractivity contribution in [2.75, 3.05) is 56.9 Å². The monoisotopic (exact) mass is 728 g/mol. The molecule has 0 bridgehead atoms. The summed E-state index contributed by atoms with van der Waals surface area (Å²) in [6, 6.07) is 1.11. The van der Waals surface area contributed by atoms with Gasteiger partial charge in [-0.1, -0.05) is 0 Å². The molecule has 1 atom stereocenters. The van der Waals surface area contributed by atoms with E-state index in [9.17, 15) is 40.7 Å². The van der Waals surface area contributed by atoms with Gasteiger partial charge >= 0.3 is 18.4 Å². The van der Waals surface area contributed by atoms with Crippen LogP contribution in [0.4, 0.5) is 42.5 Å². The largest absolute Gasteiger partial charge is 0.418 e. The average Bonchev–Trinajstić information content (AvgIpc) is 3.74. The fourth-order valence-electron chi connectivity index (χ4n) is 7.92. The highest BCUT2D eigenvalue weighted by atomic mass is 32.1.